The van der Waals surface area contributed by atoms with Crippen LogP contribution in [-0.2, 0) is 15.5 Å². The Kier molecular flexibility index (Phi) is 7.11. The molecule has 0 radical (unpaired) electrons. The molecular formula is C22H16ClF5N4O3. The van der Waals surface area contributed by atoms with Crippen LogP contribution in [0.15, 0.2) is 67.0 Å². The van der Waals surface area contributed by atoms with Crippen LogP contribution in [0.2, 0.25) is 0 Å². The third-order valence-corrected chi connectivity index (χ3v) is 5.22. The number of carbonyl (C=O) groups is 2. The molecular weight excluding hydrogens is 499 g/mol. The maximum Gasteiger partial charge on any atom is 0.429 e. The highest BCUT2D eigenvalue weighted by molar-refractivity contribution is 6.35. The number of amides is 2. The van der Waals surface area contributed by atoms with E-state index in [9.17, 15) is 36.6 Å². The highest BCUT2D eigenvalue weighted by atomic mass is 35.5. The number of aliphatic hydroxyl groups is 1. The van der Waals surface area contributed by atoms with Crippen molar-refractivity contribution in [2.45, 2.75) is 16.9 Å². The van der Waals surface area contributed by atoms with E-state index < -0.39 is 51.5 Å². The number of nitrogens with two attached hydrogens (primary N) is 1. The van der Waals surface area contributed by atoms with Crippen molar-refractivity contribution in [1.29, 1.82) is 0 Å². The average Bonchev–Trinajstić information content (AvgIpc) is 2.78. The Morgan fingerprint density at radius 3 is 2.09 bits per heavy atom. The zero-order chi connectivity index (χ0) is 26.0. The standard InChI is InChI=1S/C22H16ClF5N4O3/c23-20(35,14-8-15(24)10-16(25)9-14)19(34)31-17-5-3-13(4-6-17)21(29,22(26,27)28)32-18(33)12-2-1-7-30-11-12/h1-11,35H,29H2,(H,31,34)(H,32,33). The molecule has 1 heterocycles. The molecule has 2 atom stereocenters. The number of benzene rings is 2. The quantitative estimate of drug-likeness (QED) is 0.228. The van der Waals surface area contributed by atoms with Gasteiger partial charge in [-0.2, -0.15) is 13.2 Å². The highest BCUT2D eigenvalue weighted by Gasteiger charge is 2.54. The van der Waals surface area contributed by atoms with E-state index in [1.54, 1.807) is 5.32 Å². The largest absolute Gasteiger partial charge is 0.429 e. The summed E-state index contributed by atoms with van der Waals surface area (Å²) in [6, 6.07) is 8.12. The van der Waals surface area contributed by atoms with E-state index in [-0.39, 0.29) is 11.3 Å². The summed E-state index contributed by atoms with van der Waals surface area (Å²) in [6.45, 7) is 0. The Hall–Kier alpha value is -3.61. The molecule has 0 aliphatic heterocycles. The smallest absolute Gasteiger partial charge is 0.364 e. The monoisotopic (exact) mass is 514 g/mol. The van der Waals surface area contributed by atoms with Crippen molar-refractivity contribution in [2.24, 2.45) is 5.73 Å². The van der Waals surface area contributed by atoms with Gasteiger partial charge >= 0.3 is 6.18 Å². The number of pyridine rings is 1. The Labute approximate surface area is 199 Å². The molecule has 0 aliphatic carbocycles. The second-order valence-corrected chi connectivity index (χ2v) is 7.86. The number of rotatable bonds is 6. The second kappa shape index (κ2) is 9.56. The van der Waals surface area contributed by atoms with Crippen molar-refractivity contribution in [1.82, 2.24) is 10.3 Å². The summed E-state index contributed by atoms with van der Waals surface area (Å²) in [5, 5.41) is 11.2. The number of anilines is 1. The van der Waals surface area contributed by atoms with E-state index in [4.69, 9.17) is 17.3 Å². The van der Waals surface area contributed by atoms with Gasteiger partial charge in [-0.25, -0.2) is 8.78 Å². The summed E-state index contributed by atoms with van der Waals surface area (Å²) >= 11 is 5.77. The molecule has 3 rings (SSSR count). The molecule has 0 fully saturated rings. The van der Waals surface area contributed by atoms with Gasteiger partial charge in [0, 0.05) is 35.3 Å². The minimum absolute atomic E-state index is 0.141. The van der Waals surface area contributed by atoms with Crippen LogP contribution in [0.25, 0.3) is 0 Å². The molecule has 3 aromatic rings. The first-order chi connectivity index (χ1) is 16.2. The molecule has 2 aromatic carbocycles. The fourth-order valence-electron chi connectivity index (χ4n) is 2.96. The molecule has 7 nitrogen and oxygen atoms in total. The summed E-state index contributed by atoms with van der Waals surface area (Å²) in [5.74, 6) is -4.67. The molecule has 5 N–H and O–H groups in total. The van der Waals surface area contributed by atoms with Gasteiger partial charge in [-0.05, 0) is 36.4 Å². The molecule has 1 aromatic heterocycles. The van der Waals surface area contributed by atoms with Crippen molar-refractivity contribution in [3.8, 4) is 0 Å². The molecule has 0 saturated heterocycles. The molecule has 0 bridgehead atoms. The van der Waals surface area contributed by atoms with Gasteiger partial charge in [0.1, 0.15) is 11.6 Å². The third kappa shape index (κ3) is 5.56. The van der Waals surface area contributed by atoms with Gasteiger partial charge in [0.05, 0.1) is 5.56 Å². The Morgan fingerprint density at radius 1 is 0.971 bits per heavy atom. The van der Waals surface area contributed by atoms with Crippen LogP contribution >= 0.6 is 11.6 Å². The van der Waals surface area contributed by atoms with E-state index >= 15 is 0 Å². The Morgan fingerprint density at radius 2 is 1.57 bits per heavy atom. The Balaban J connectivity index is 1.83. The van der Waals surface area contributed by atoms with E-state index in [1.807, 2.05) is 0 Å². The van der Waals surface area contributed by atoms with Crippen LogP contribution in [-0.4, -0.2) is 28.1 Å². The first-order valence-electron chi connectivity index (χ1n) is 9.62. The Bertz CT molecular complexity index is 1220. The van der Waals surface area contributed by atoms with Gasteiger partial charge in [0.15, 0.2) is 0 Å². The second-order valence-electron chi connectivity index (χ2n) is 7.31. The zero-order valence-electron chi connectivity index (χ0n) is 17.4. The predicted molar refractivity (Wildman–Crippen MR) is 115 cm³/mol. The minimum atomic E-state index is -5.13. The van der Waals surface area contributed by atoms with Crippen LogP contribution in [0.3, 0.4) is 0 Å². The number of halogens is 6. The maximum absolute atomic E-state index is 13.8. The normalized spacial score (nSPS) is 15.0. The van der Waals surface area contributed by atoms with Gasteiger partial charge in [-0.15, -0.1) is 0 Å². The fourth-order valence-corrected chi connectivity index (χ4v) is 3.12. The van der Waals surface area contributed by atoms with Gasteiger partial charge in [-0.1, -0.05) is 23.7 Å². The molecule has 0 spiro atoms. The van der Waals surface area contributed by atoms with E-state index in [0.29, 0.717) is 18.2 Å². The van der Waals surface area contributed by atoms with Gasteiger partial charge < -0.3 is 15.7 Å². The number of hydrogen-bond acceptors (Lipinski definition) is 5. The van der Waals surface area contributed by atoms with Crippen molar-refractivity contribution >= 4 is 29.1 Å². The van der Waals surface area contributed by atoms with Gasteiger partial charge in [0.2, 0.25) is 10.7 Å². The van der Waals surface area contributed by atoms with Crippen LogP contribution in [0.1, 0.15) is 21.5 Å². The summed E-state index contributed by atoms with van der Waals surface area (Å²) in [7, 11) is 0. The zero-order valence-corrected chi connectivity index (χ0v) is 18.2. The first kappa shape index (κ1) is 26.0. The van der Waals surface area contributed by atoms with Crippen molar-refractivity contribution in [3.05, 3.63) is 95.3 Å². The van der Waals surface area contributed by atoms with E-state index in [0.717, 1.165) is 30.5 Å². The molecule has 184 valence electrons. The summed E-state index contributed by atoms with van der Waals surface area (Å²) < 4.78 is 68.4. The molecule has 0 aliphatic rings. The predicted octanol–water partition coefficient (Wildman–Crippen LogP) is 3.49. The van der Waals surface area contributed by atoms with Crippen molar-refractivity contribution in [3.63, 3.8) is 0 Å². The van der Waals surface area contributed by atoms with Crippen LogP contribution in [0.4, 0.5) is 27.6 Å². The van der Waals surface area contributed by atoms with Gasteiger partial charge in [-0.3, -0.25) is 20.3 Å². The topological polar surface area (TPSA) is 117 Å². The lowest BCUT2D eigenvalue weighted by Gasteiger charge is -2.33. The van der Waals surface area contributed by atoms with Crippen molar-refractivity contribution in [2.75, 3.05) is 5.32 Å². The van der Waals surface area contributed by atoms with E-state index in [2.05, 4.69) is 10.3 Å². The summed E-state index contributed by atoms with van der Waals surface area (Å²) in [4.78, 5) is 28.4. The number of aromatic nitrogens is 1. The molecule has 2 unspecified atom stereocenters. The number of alkyl halides is 4. The number of hydrogen-bond donors (Lipinski definition) is 4. The van der Waals surface area contributed by atoms with Crippen LogP contribution in [0, 0.1) is 11.6 Å². The lowest BCUT2D eigenvalue weighted by molar-refractivity contribution is -0.196. The molecule has 35 heavy (non-hydrogen) atoms. The fraction of sp³-hybridized carbons (Fsp3) is 0.136. The summed E-state index contributed by atoms with van der Waals surface area (Å²) in [6.07, 6.45) is -2.74. The lowest BCUT2D eigenvalue weighted by Crippen LogP contribution is -2.62. The lowest BCUT2D eigenvalue weighted by atomic mass is 9.98. The van der Waals surface area contributed by atoms with Crippen LogP contribution < -0.4 is 16.4 Å². The van der Waals surface area contributed by atoms with Crippen LogP contribution in [0.5, 0.6) is 0 Å². The minimum Gasteiger partial charge on any atom is -0.364 e. The molecule has 13 heteroatoms. The van der Waals surface area contributed by atoms with Gasteiger partial charge in [0.25, 0.3) is 11.8 Å². The number of nitrogens with one attached hydrogen (secondary N) is 2. The number of nitrogens with zero attached hydrogens (tertiary/aromatic N) is 1. The molecule has 0 saturated carbocycles. The maximum atomic E-state index is 13.8. The third-order valence-electron chi connectivity index (χ3n) is 4.83. The number of carbonyl (C=O) groups excluding carboxylic acids is 2. The molecule has 2 amide bonds. The SMILES string of the molecule is NC(NC(=O)c1cccnc1)(c1ccc(NC(=O)C(O)(Cl)c2cc(F)cc(F)c2)cc1)C(F)(F)F. The van der Waals surface area contributed by atoms with E-state index in [1.165, 1.54) is 18.3 Å². The highest BCUT2D eigenvalue weighted by Crippen LogP contribution is 2.36. The summed E-state index contributed by atoms with van der Waals surface area (Å²) in [5.41, 5.74) is 0.751. The van der Waals surface area contributed by atoms with Crippen molar-refractivity contribution < 1.29 is 36.6 Å². The first-order valence-corrected chi connectivity index (χ1v) is 10.00. The average molecular weight is 515 g/mol.